The van der Waals surface area contributed by atoms with Crippen molar-refractivity contribution in [2.24, 2.45) is 5.73 Å². The molecule has 0 atom stereocenters. The smallest absolute Gasteiger partial charge is 0.0510 e. The summed E-state index contributed by atoms with van der Waals surface area (Å²) in [5.41, 5.74) is 8.31. The minimum atomic E-state index is 0.0394. The van der Waals surface area contributed by atoms with Crippen LogP contribution in [0.3, 0.4) is 0 Å². The van der Waals surface area contributed by atoms with Crippen LogP contribution in [0.1, 0.15) is 25.2 Å². The maximum absolute atomic E-state index is 5.71. The SMILES string of the molecule is Cc1ccc(C)n1C(C)(C)CN. The van der Waals surface area contributed by atoms with Crippen molar-refractivity contribution in [3.05, 3.63) is 23.5 Å². The molecule has 2 heteroatoms. The minimum Gasteiger partial charge on any atom is -0.342 e. The van der Waals surface area contributed by atoms with E-state index < -0.39 is 0 Å². The molecule has 0 unspecified atom stereocenters. The van der Waals surface area contributed by atoms with Crippen LogP contribution in [0.4, 0.5) is 0 Å². The van der Waals surface area contributed by atoms with Gasteiger partial charge in [0.05, 0.1) is 5.54 Å². The van der Waals surface area contributed by atoms with Gasteiger partial charge in [0.1, 0.15) is 0 Å². The summed E-state index contributed by atoms with van der Waals surface area (Å²) in [4.78, 5) is 0. The van der Waals surface area contributed by atoms with E-state index in [0.29, 0.717) is 6.54 Å². The van der Waals surface area contributed by atoms with Crippen molar-refractivity contribution in [3.63, 3.8) is 0 Å². The summed E-state index contributed by atoms with van der Waals surface area (Å²) >= 11 is 0. The zero-order valence-electron chi connectivity index (χ0n) is 8.39. The van der Waals surface area contributed by atoms with Gasteiger partial charge >= 0.3 is 0 Å². The molecule has 0 amide bonds. The number of rotatable bonds is 2. The Morgan fingerprint density at radius 1 is 1.25 bits per heavy atom. The summed E-state index contributed by atoms with van der Waals surface area (Å²) in [7, 11) is 0. The van der Waals surface area contributed by atoms with Crippen molar-refractivity contribution in [2.75, 3.05) is 6.54 Å². The second kappa shape index (κ2) is 2.94. The van der Waals surface area contributed by atoms with E-state index in [-0.39, 0.29) is 5.54 Å². The third-order valence-electron chi connectivity index (χ3n) is 2.38. The van der Waals surface area contributed by atoms with E-state index in [1.807, 2.05) is 0 Å². The molecule has 1 aromatic rings. The van der Waals surface area contributed by atoms with E-state index in [1.54, 1.807) is 0 Å². The second-order valence-electron chi connectivity index (χ2n) is 3.97. The Hall–Kier alpha value is -0.760. The fraction of sp³-hybridized carbons (Fsp3) is 0.600. The lowest BCUT2D eigenvalue weighted by atomic mass is 10.1. The number of hydrogen-bond donors (Lipinski definition) is 1. The standard InChI is InChI=1S/C10H18N2/c1-8-5-6-9(2)12(8)10(3,4)7-11/h5-6H,7,11H2,1-4H3. The minimum absolute atomic E-state index is 0.0394. The second-order valence-corrected chi connectivity index (χ2v) is 3.97. The van der Waals surface area contributed by atoms with Gasteiger partial charge in [0, 0.05) is 17.9 Å². The summed E-state index contributed by atoms with van der Waals surface area (Å²) < 4.78 is 2.28. The zero-order chi connectivity index (χ0) is 9.35. The van der Waals surface area contributed by atoms with Crippen molar-refractivity contribution < 1.29 is 0 Å². The van der Waals surface area contributed by atoms with E-state index in [0.717, 1.165) is 0 Å². The van der Waals surface area contributed by atoms with Crippen molar-refractivity contribution in [2.45, 2.75) is 33.2 Å². The Labute approximate surface area is 74.4 Å². The van der Waals surface area contributed by atoms with Gasteiger partial charge in [-0.2, -0.15) is 0 Å². The van der Waals surface area contributed by atoms with E-state index in [9.17, 15) is 0 Å². The first-order valence-electron chi connectivity index (χ1n) is 4.34. The highest BCUT2D eigenvalue weighted by Gasteiger charge is 2.20. The maximum Gasteiger partial charge on any atom is 0.0510 e. The number of nitrogens with zero attached hydrogens (tertiary/aromatic N) is 1. The maximum atomic E-state index is 5.71. The molecule has 2 N–H and O–H groups in total. The first kappa shape index (κ1) is 9.33. The molecular formula is C10H18N2. The van der Waals surface area contributed by atoms with Crippen LogP contribution in [-0.2, 0) is 5.54 Å². The monoisotopic (exact) mass is 166 g/mol. The zero-order valence-corrected chi connectivity index (χ0v) is 8.39. The quantitative estimate of drug-likeness (QED) is 0.713. The molecule has 0 saturated carbocycles. The Bertz CT molecular complexity index is 252. The molecule has 0 aliphatic rings. The van der Waals surface area contributed by atoms with E-state index >= 15 is 0 Å². The molecule has 2 nitrogen and oxygen atoms in total. The van der Waals surface area contributed by atoms with Gasteiger partial charge < -0.3 is 10.3 Å². The summed E-state index contributed by atoms with van der Waals surface area (Å²) in [6.07, 6.45) is 0. The summed E-state index contributed by atoms with van der Waals surface area (Å²) in [5, 5.41) is 0. The topological polar surface area (TPSA) is 30.9 Å². The summed E-state index contributed by atoms with van der Waals surface area (Å²) in [6.45, 7) is 9.22. The lowest BCUT2D eigenvalue weighted by molar-refractivity contribution is 0.355. The van der Waals surface area contributed by atoms with Crippen LogP contribution in [0.5, 0.6) is 0 Å². The number of aromatic nitrogens is 1. The van der Waals surface area contributed by atoms with E-state index in [2.05, 4.69) is 44.4 Å². The fourth-order valence-electron chi connectivity index (χ4n) is 1.71. The predicted molar refractivity (Wildman–Crippen MR) is 52.3 cm³/mol. The highest BCUT2D eigenvalue weighted by molar-refractivity contribution is 5.16. The molecule has 0 radical (unpaired) electrons. The van der Waals surface area contributed by atoms with Crippen molar-refractivity contribution >= 4 is 0 Å². The normalized spacial score (nSPS) is 12.1. The van der Waals surface area contributed by atoms with Crippen LogP contribution in [-0.4, -0.2) is 11.1 Å². The largest absolute Gasteiger partial charge is 0.342 e. The number of nitrogens with two attached hydrogens (primary N) is 1. The average Bonchev–Trinajstić information content (AvgIpc) is 2.31. The van der Waals surface area contributed by atoms with E-state index in [4.69, 9.17) is 5.73 Å². The predicted octanol–water partition coefficient (Wildman–Crippen LogP) is 1.80. The van der Waals surface area contributed by atoms with Crippen LogP contribution in [0.25, 0.3) is 0 Å². The molecule has 0 saturated heterocycles. The molecule has 0 bridgehead atoms. The van der Waals surface area contributed by atoms with Gasteiger partial charge in [0.15, 0.2) is 0 Å². The van der Waals surface area contributed by atoms with Gasteiger partial charge in [-0.3, -0.25) is 0 Å². The van der Waals surface area contributed by atoms with Crippen molar-refractivity contribution in [1.82, 2.24) is 4.57 Å². The van der Waals surface area contributed by atoms with Crippen LogP contribution >= 0.6 is 0 Å². The molecule has 0 aliphatic heterocycles. The van der Waals surface area contributed by atoms with Crippen LogP contribution in [0.2, 0.25) is 0 Å². The van der Waals surface area contributed by atoms with Gasteiger partial charge in [0.2, 0.25) is 0 Å². The fourth-order valence-corrected chi connectivity index (χ4v) is 1.71. The first-order chi connectivity index (χ1) is 5.49. The van der Waals surface area contributed by atoms with Crippen molar-refractivity contribution in [1.29, 1.82) is 0 Å². The van der Waals surface area contributed by atoms with E-state index in [1.165, 1.54) is 11.4 Å². The molecule has 1 heterocycles. The highest BCUT2D eigenvalue weighted by Crippen LogP contribution is 2.19. The van der Waals surface area contributed by atoms with Gasteiger partial charge in [-0.25, -0.2) is 0 Å². The summed E-state index contributed by atoms with van der Waals surface area (Å²) in [6, 6.07) is 4.26. The Balaban J connectivity index is 3.17. The Morgan fingerprint density at radius 2 is 1.67 bits per heavy atom. The molecule has 0 fully saturated rings. The third kappa shape index (κ3) is 1.39. The van der Waals surface area contributed by atoms with Crippen molar-refractivity contribution in [3.8, 4) is 0 Å². The average molecular weight is 166 g/mol. The Kier molecular flexibility index (Phi) is 2.29. The lowest BCUT2D eigenvalue weighted by Gasteiger charge is -2.28. The van der Waals surface area contributed by atoms with Gasteiger partial charge in [-0.1, -0.05) is 0 Å². The molecule has 12 heavy (non-hydrogen) atoms. The lowest BCUT2D eigenvalue weighted by Crippen LogP contribution is -2.36. The molecule has 0 spiro atoms. The third-order valence-corrected chi connectivity index (χ3v) is 2.38. The van der Waals surface area contributed by atoms with Gasteiger partial charge in [-0.05, 0) is 39.8 Å². The van der Waals surface area contributed by atoms with Crippen LogP contribution in [0, 0.1) is 13.8 Å². The Morgan fingerprint density at radius 3 is 2.00 bits per heavy atom. The molecule has 1 aromatic heterocycles. The molecule has 0 aromatic carbocycles. The molecule has 1 rings (SSSR count). The van der Waals surface area contributed by atoms with Crippen LogP contribution in [0.15, 0.2) is 12.1 Å². The van der Waals surface area contributed by atoms with Gasteiger partial charge in [0.25, 0.3) is 0 Å². The van der Waals surface area contributed by atoms with Gasteiger partial charge in [-0.15, -0.1) is 0 Å². The first-order valence-corrected chi connectivity index (χ1v) is 4.34. The number of hydrogen-bond acceptors (Lipinski definition) is 1. The highest BCUT2D eigenvalue weighted by atomic mass is 15.1. The molecule has 68 valence electrons. The number of aryl methyl sites for hydroxylation is 2. The summed E-state index contributed by atoms with van der Waals surface area (Å²) in [5.74, 6) is 0. The van der Waals surface area contributed by atoms with Crippen LogP contribution < -0.4 is 5.73 Å². The molecule has 0 aliphatic carbocycles. The molecular weight excluding hydrogens is 148 g/mol.